The Balaban J connectivity index is 2.09. The molecule has 0 aliphatic heterocycles. The topological polar surface area (TPSA) is 76.8 Å². The first-order chi connectivity index (χ1) is 9.31. The number of ether oxygens (including phenoxy) is 1. The quantitative estimate of drug-likeness (QED) is 0.750. The van der Waals surface area contributed by atoms with Gasteiger partial charge in [-0.25, -0.2) is 0 Å². The first-order valence-electron chi connectivity index (χ1n) is 5.98. The van der Waals surface area contributed by atoms with E-state index in [9.17, 15) is 0 Å². The van der Waals surface area contributed by atoms with Gasteiger partial charge >= 0.3 is 0 Å². The molecular formula is C14H14N4O. The van der Waals surface area contributed by atoms with E-state index in [0.29, 0.717) is 6.54 Å². The first-order valence-corrected chi connectivity index (χ1v) is 5.98. The normalized spacial score (nSPS) is 10.8. The van der Waals surface area contributed by atoms with E-state index in [1.807, 2.05) is 24.4 Å². The van der Waals surface area contributed by atoms with E-state index in [0.717, 1.165) is 33.6 Å². The molecular weight excluding hydrogens is 240 g/mol. The van der Waals surface area contributed by atoms with Crippen molar-refractivity contribution in [3.8, 4) is 17.0 Å². The number of methoxy groups -OCH3 is 1. The van der Waals surface area contributed by atoms with Gasteiger partial charge in [-0.15, -0.1) is 0 Å². The van der Waals surface area contributed by atoms with E-state index < -0.39 is 0 Å². The molecule has 19 heavy (non-hydrogen) atoms. The van der Waals surface area contributed by atoms with Gasteiger partial charge in [0.2, 0.25) is 0 Å². The summed E-state index contributed by atoms with van der Waals surface area (Å²) in [7, 11) is 1.65. The van der Waals surface area contributed by atoms with Crippen molar-refractivity contribution in [3.05, 3.63) is 42.5 Å². The van der Waals surface area contributed by atoms with E-state index in [2.05, 4.69) is 15.0 Å². The lowest BCUT2D eigenvalue weighted by Crippen LogP contribution is -2.00. The average Bonchev–Trinajstić information content (AvgIpc) is 2.90. The van der Waals surface area contributed by atoms with Crippen molar-refractivity contribution in [2.75, 3.05) is 7.11 Å². The molecule has 0 saturated heterocycles. The molecule has 0 amide bonds. The van der Waals surface area contributed by atoms with Gasteiger partial charge in [0.25, 0.3) is 0 Å². The van der Waals surface area contributed by atoms with Crippen molar-refractivity contribution < 1.29 is 4.74 Å². The second kappa shape index (κ2) is 4.70. The zero-order chi connectivity index (χ0) is 13.2. The van der Waals surface area contributed by atoms with Gasteiger partial charge in [-0.2, -0.15) is 0 Å². The van der Waals surface area contributed by atoms with Crippen molar-refractivity contribution >= 4 is 10.9 Å². The van der Waals surface area contributed by atoms with Crippen LogP contribution in [0.15, 0.2) is 36.8 Å². The highest BCUT2D eigenvalue weighted by Crippen LogP contribution is 2.29. The molecule has 1 aromatic carbocycles. The van der Waals surface area contributed by atoms with Crippen LogP contribution in [0, 0.1) is 0 Å². The summed E-state index contributed by atoms with van der Waals surface area (Å²) in [5.74, 6) is 0.825. The van der Waals surface area contributed by atoms with Crippen LogP contribution < -0.4 is 10.5 Å². The summed E-state index contributed by atoms with van der Waals surface area (Å²) in [4.78, 5) is 11.9. The number of fused-ring (bicyclic) bond motifs is 1. The molecule has 0 bridgehead atoms. The predicted molar refractivity (Wildman–Crippen MR) is 73.8 cm³/mol. The third kappa shape index (κ3) is 2.04. The highest BCUT2D eigenvalue weighted by Gasteiger charge is 2.08. The lowest BCUT2D eigenvalue weighted by molar-refractivity contribution is 0.415. The number of hydrogen-bond donors (Lipinski definition) is 2. The molecule has 0 unspecified atom stereocenters. The molecule has 0 fully saturated rings. The highest BCUT2D eigenvalue weighted by molar-refractivity contribution is 5.95. The minimum absolute atomic E-state index is 0.401. The fourth-order valence-corrected chi connectivity index (χ4v) is 2.04. The SMILES string of the molecule is COc1ccc2c(-c3cnc(CN)cn3)c[nH]c2c1. The van der Waals surface area contributed by atoms with Gasteiger partial charge in [-0.1, -0.05) is 0 Å². The number of rotatable bonds is 3. The fourth-order valence-electron chi connectivity index (χ4n) is 2.04. The third-order valence-electron chi connectivity index (χ3n) is 3.08. The number of hydrogen-bond acceptors (Lipinski definition) is 4. The van der Waals surface area contributed by atoms with Crippen LogP contribution in [-0.4, -0.2) is 22.1 Å². The summed E-state index contributed by atoms with van der Waals surface area (Å²) in [5.41, 5.74) is 9.16. The molecule has 3 N–H and O–H groups in total. The Bertz CT molecular complexity index is 703. The van der Waals surface area contributed by atoms with Crippen LogP contribution in [0.4, 0.5) is 0 Å². The smallest absolute Gasteiger partial charge is 0.120 e. The Labute approximate surface area is 110 Å². The van der Waals surface area contributed by atoms with Crippen LogP contribution in [0.5, 0.6) is 5.75 Å². The summed E-state index contributed by atoms with van der Waals surface area (Å²) >= 11 is 0. The molecule has 0 saturated carbocycles. The molecule has 3 rings (SSSR count). The van der Waals surface area contributed by atoms with E-state index >= 15 is 0 Å². The summed E-state index contributed by atoms with van der Waals surface area (Å²) < 4.78 is 5.21. The van der Waals surface area contributed by atoms with E-state index in [-0.39, 0.29) is 0 Å². The summed E-state index contributed by atoms with van der Waals surface area (Å²) in [5, 5.41) is 1.09. The molecule has 0 aliphatic rings. The Hall–Kier alpha value is -2.40. The van der Waals surface area contributed by atoms with Crippen molar-refractivity contribution in [2.24, 2.45) is 5.73 Å². The largest absolute Gasteiger partial charge is 0.497 e. The summed E-state index contributed by atoms with van der Waals surface area (Å²) in [6, 6.07) is 5.90. The zero-order valence-electron chi connectivity index (χ0n) is 10.6. The Morgan fingerprint density at radius 3 is 2.84 bits per heavy atom. The fraction of sp³-hybridized carbons (Fsp3) is 0.143. The number of aromatic amines is 1. The van der Waals surface area contributed by atoms with Gasteiger partial charge in [0.1, 0.15) is 5.75 Å². The Kier molecular flexibility index (Phi) is 2.89. The number of nitrogens with one attached hydrogen (secondary N) is 1. The number of benzene rings is 1. The second-order valence-corrected chi connectivity index (χ2v) is 4.21. The van der Waals surface area contributed by atoms with Crippen molar-refractivity contribution in [1.82, 2.24) is 15.0 Å². The maximum Gasteiger partial charge on any atom is 0.120 e. The minimum atomic E-state index is 0.401. The van der Waals surface area contributed by atoms with E-state index in [1.165, 1.54) is 0 Å². The van der Waals surface area contributed by atoms with Gasteiger partial charge in [0.15, 0.2) is 0 Å². The highest BCUT2D eigenvalue weighted by atomic mass is 16.5. The molecule has 2 aromatic heterocycles. The molecule has 3 aromatic rings. The molecule has 0 atom stereocenters. The van der Waals surface area contributed by atoms with Crippen LogP contribution >= 0.6 is 0 Å². The molecule has 5 nitrogen and oxygen atoms in total. The third-order valence-corrected chi connectivity index (χ3v) is 3.08. The monoisotopic (exact) mass is 254 g/mol. The maximum absolute atomic E-state index is 5.52. The van der Waals surface area contributed by atoms with Gasteiger partial charge in [0.05, 0.1) is 30.9 Å². The van der Waals surface area contributed by atoms with Crippen molar-refractivity contribution in [2.45, 2.75) is 6.54 Å². The van der Waals surface area contributed by atoms with Crippen LogP contribution in [0.3, 0.4) is 0 Å². The van der Waals surface area contributed by atoms with Crippen molar-refractivity contribution in [1.29, 1.82) is 0 Å². The Morgan fingerprint density at radius 1 is 1.26 bits per heavy atom. The number of nitrogens with two attached hydrogens (primary N) is 1. The molecule has 5 heteroatoms. The Morgan fingerprint density at radius 2 is 2.16 bits per heavy atom. The predicted octanol–water partition coefficient (Wildman–Crippen LogP) is 2.09. The van der Waals surface area contributed by atoms with Gasteiger partial charge in [0, 0.05) is 35.3 Å². The number of H-pyrrole nitrogens is 1. The number of aromatic nitrogens is 3. The summed E-state index contributed by atoms with van der Waals surface area (Å²) in [6.07, 6.45) is 5.38. The molecule has 2 heterocycles. The molecule has 0 spiro atoms. The first kappa shape index (κ1) is 11.7. The minimum Gasteiger partial charge on any atom is -0.497 e. The average molecular weight is 254 g/mol. The van der Waals surface area contributed by atoms with Gasteiger partial charge < -0.3 is 15.5 Å². The maximum atomic E-state index is 5.52. The van der Waals surface area contributed by atoms with Crippen LogP contribution in [0.2, 0.25) is 0 Å². The van der Waals surface area contributed by atoms with E-state index in [1.54, 1.807) is 19.5 Å². The molecule has 0 radical (unpaired) electrons. The van der Waals surface area contributed by atoms with Crippen LogP contribution in [-0.2, 0) is 6.54 Å². The van der Waals surface area contributed by atoms with Gasteiger partial charge in [-0.05, 0) is 12.1 Å². The number of nitrogens with zero attached hydrogens (tertiary/aromatic N) is 2. The van der Waals surface area contributed by atoms with Crippen LogP contribution in [0.25, 0.3) is 22.2 Å². The second-order valence-electron chi connectivity index (χ2n) is 4.21. The molecule has 0 aliphatic carbocycles. The lowest BCUT2D eigenvalue weighted by Gasteiger charge is -2.01. The van der Waals surface area contributed by atoms with Gasteiger partial charge in [-0.3, -0.25) is 9.97 Å². The van der Waals surface area contributed by atoms with E-state index in [4.69, 9.17) is 10.5 Å². The lowest BCUT2D eigenvalue weighted by atomic mass is 10.1. The molecule has 96 valence electrons. The zero-order valence-corrected chi connectivity index (χ0v) is 10.6. The van der Waals surface area contributed by atoms with Crippen molar-refractivity contribution in [3.63, 3.8) is 0 Å². The summed E-state index contributed by atoms with van der Waals surface area (Å²) in [6.45, 7) is 0.401. The van der Waals surface area contributed by atoms with Crippen LogP contribution in [0.1, 0.15) is 5.69 Å². The standard InChI is InChI=1S/C14H14N4O/c1-19-10-2-3-11-12(7-18-13(11)4-10)14-8-16-9(5-15)6-17-14/h2-4,6-8,18H,5,15H2,1H3.